The molecule has 7 nitrogen and oxygen atoms in total. The minimum atomic E-state index is -0.924. The summed E-state index contributed by atoms with van der Waals surface area (Å²) in [6, 6.07) is 11.1. The first-order chi connectivity index (χ1) is 13.4. The molecule has 0 aliphatic heterocycles. The Morgan fingerprint density at radius 2 is 2.11 bits per heavy atom. The van der Waals surface area contributed by atoms with Gasteiger partial charge in [-0.25, -0.2) is 4.98 Å². The zero-order chi connectivity index (χ0) is 20.1. The summed E-state index contributed by atoms with van der Waals surface area (Å²) in [5.74, 6) is 0.864. The summed E-state index contributed by atoms with van der Waals surface area (Å²) in [5, 5.41) is 2.86. The fraction of sp³-hybridized carbons (Fsp3) is 0.333. The van der Waals surface area contributed by atoms with Crippen LogP contribution in [0.25, 0.3) is 5.65 Å². The molecule has 0 saturated heterocycles. The first kappa shape index (κ1) is 19.7. The van der Waals surface area contributed by atoms with Crippen molar-refractivity contribution in [3.05, 3.63) is 54.5 Å². The predicted molar refractivity (Wildman–Crippen MR) is 109 cm³/mol. The van der Waals surface area contributed by atoms with Crippen LogP contribution < -0.4 is 20.5 Å². The maximum absolute atomic E-state index is 12.4. The number of benzene rings is 1. The second-order valence-electron chi connectivity index (χ2n) is 6.97. The number of ether oxygens (including phenoxy) is 2. The van der Waals surface area contributed by atoms with Crippen LogP contribution in [0.4, 0.5) is 5.69 Å². The highest BCUT2D eigenvalue weighted by molar-refractivity contribution is 5.97. The molecule has 7 heteroatoms. The molecular formula is C21H26N4O3. The highest BCUT2D eigenvalue weighted by Gasteiger charge is 2.27. The Labute approximate surface area is 164 Å². The van der Waals surface area contributed by atoms with E-state index in [1.165, 1.54) is 0 Å². The molecule has 0 spiro atoms. The summed E-state index contributed by atoms with van der Waals surface area (Å²) in [6.45, 7) is 4.01. The number of amides is 1. The maximum atomic E-state index is 12.4. The van der Waals surface area contributed by atoms with E-state index < -0.39 is 5.54 Å². The van der Waals surface area contributed by atoms with Gasteiger partial charge in [0.2, 0.25) is 5.91 Å². The molecule has 1 aromatic carbocycles. The zero-order valence-electron chi connectivity index (χ0n) is 16.4. The molecular weight excluding hydrogens is 356 g/mol. The molecule has 148 valence electrons. The maximum Gasteiger partial charge on any atom is 0.244 e. The van der Waals surface area contributed by atoms with Crippen molar-refractivity contribution < 1.29 is 14.3 Å². The number of imidazole rings is 1. The summed E-state index contributed by atoms with van der Waals surface area (Å²) in [4.78, 5) is 17.0. The van der Waals surface area contributed by atoms with Crippen molar-refractivity contribution in [2.75, 3.05) is 12.4 Å². The first-order valence-corrected chi connectivity index (χ1v) is 9.26. The number of nitrogens with zero attached hydrogens (tertiary/aromatic N) is 2. The summed E-state index contributed by atoms with van der Waals surface area (Å²) in [7, 11) is 1.57. The van der Waals surface area contributed by atoms with Crippen molar-refractivity contribution in [2.45, 2.75) is 38.8 Å². The summed E-state index contributed by atoms with van der Waals surface area (Å²) in [6.07, 6.45) is 5.28. The van der Waals surface area contributed by atoms with Crippen molar-refractivity contribution in [1.82, 2.24) is 9.38 Å². The minimum absolute atomic E-state index is 0.231. The summed E-state index contributed by atoms with van der Waals surface area (Å²) >= 11 is 0. The van der Waals surface area contributed by atoms with E-state index in [4.69, 9.17) is 15.2 Å². The fourth-order valence-corrected chi connectivity index (χ4v) is 2.98. The van der Waals surface area contributed by atoms with Gasteiger partial charge in [0, 0.05) is 24.1 Å². The van der Waals surface area contributed by atoms with E-state index in [9.17, 15) is 4.79 Å². The van der Waals surface area contributed by atoms with Crippen molar-refractivity contribution in [2.24, 2.45) is 5.73 Å². The van der Waals surface area contributed by atoms with Gasteiger partial charge in [-0.2, -0.15) is 0 Å². The molecule has 0 aliphatic rings. The first-order valence-electron chi connectivity index (χ1n) is 9.26. The molecule has 0 fully saturated rings. The number of carbonyl (C=O) groups excluding carboxylic acids is 1. The second-order valence-corrected chi connectivity index (χ2v) is 6.97. The topological polar surface area (TPSA) is 90.9 Å². The quantitative estimate of drug-likeness (QED) is 0.623. The van der Waals surface area contributed by atoms with E-state index in [-0.39, 0.29) is 12.5 Å². The van der Waals surface area contributed by atoms with E-state index in [0.29, 0.717) is 23.6 Å². The number of hydrogen-bond acceptors (Lipinski definition) is 5. The molecule has 0 saturated carbocycles. The van der Waals surface area contributed by atoms with Gasteiger partial charge >= 0.3 is 0 Å². The summed E-state index contributed by atoms with van der Waals surface area (Å²) in [5.41, 5.74) is 7.43. The van der Waals surface area contributed by atoms with Gasteiger partial charge in [0.1, 0.15) is 12.3 Å². The lowest BCUT2D eigenvalue weighted by Crippen LogP contribution is -2.48. The molecule has 3 rings (SSSR count). The van der Waals surface area contributed by atoms with Gasteiger partial charge in [0.05, 0.1) is 18.3 Å². The molecule has 2 aromatic heterocycles. The highest BCUT2D eigenvalue weighted by atomic mass is 16.5. The van der Waals surface area contributed by atoms with Gasteiger partial charge in [-0.15, -0.1) is 0 Å². The predicted octanol–water partition coefficient (Wildman–Crippen LogP) is 3.38. The third kappa shape index (κ3) is 4.43. The standard InChI is InChI=1S/C21H26N4O3/c1-4-10-21(2,22)20(26)24-15-8-9-17(27-3)18(12-15)28-14-16-13-25-11-6-5-7-19(25)23-16/h5-9,11-13H,4,10,14,22H2,1-3H3,(H,24,26). The Morgan fingerprint density at radius 3 is 2.82 bits per heavy atom. The van der Waals surface area contributed by atoms with Crippen molar-refractivity contribution in [3.8, 4) is 11.5 Å². The van der Waals surface area contributed by atoms with Crippen LogP contribution in [0.3, 0.4) is 0 Å². The van der Waals surface area contributed by atoms with Crippen molar-refractivity contribution in [1.29, 1.82) is 0 Å². The lowest BCUT2D eigenvalue weighted by atomic mass is 9.96. The van der Waals surface area contributed by atoms with Crippen LogP contribution in [0.1, 0.15) is 32.4 Å². The van der Waals surface area contributed by atoms with Crippen LogP contribution in [0.15, 0.2) is 48.8 Å². The minimum Gasteiger partial charge on any atom is -0.493 e. The van der Waals surface area contributed by atoms with Gasteiger partial charge in [-0.1, -0.05) is 19.4 Å². The van der Waals surface area contributed by atoms with Gasteiger partial charge in [-0.05, 0) is 37.6 Å². The highest BCUT2D eigenvalue weighted by Crippen LogP contribution is 2.31. The van der Waals surface area contributed by atoms with Crippen LogP contribution in [0.5, 0.6) is 11.5 Å². The largest absolute Gasteiger partial charge is 0.493 e. The van der Waals surface area contributed by atoms with E-state index in [1.54, 1.807) is 32.2 Å². The monoisotopic (exact) mass is 382 g/mol. The van der Waals surface area contributed by atoms with Crippen LogP contribution in [0.2, 0.25) is 0 Å². The Balaban J connectivity index is 1.74. The molecule has 3 aromatic rings. The van der Waals surface area contributed by atoms with E-state index >= 15 is 0 Å². The van der Waals surface area contributed by atoms with Crippen LogP contribution in [-0.4, -0.2) is 27.9 Å². The van der Waals surface area contributed by atoms with Gasteiger partial charge in [0.25, 0.3) is 0 Å². The molecule has 28 heavy (non-hydrogen) atoms. The molecule has 2 heterocycles. The average Bonchev–Trinajstić information content (AvgIpc) is 3.09. The average molecular weight is 382 g/mol. The number of anilines is 1. The lowest BCUT2D eigenvalue weighted by molar-refractivity contribution is -0.120. The smallest absolute Gasteiger partial charge is 0.244 e. The number of hydrogen-bond donors (Lipinski definition) is 2. The van der Waals surface area contributed by atoms with Crippen molar-refractivity contribution in [3.63, 3.8) is 0 Å². The van der Waals surface area contributed by atoms with Gasteiger partial charge in [-0.3, -0.25) is 4.79 Å². The third-order valence-corrected chi connectivity index (χ3v) is 4.50. The number of methoxy groups -OCH3 is 1. The van der Waals surface area contributed by atoms with E-state index in [2.05, 4.69) is 10.3 Å². The van der Waals surface area contributed by atoms with Crippen molar-refractivity contribution >= 4 is 17.2 Å². The van der Waals surface area contributed by atoms with Gasteiger partial charge in [0.15, 0.2) is 11.5 Å². The summed E-state index contributed by atoms with van der Waals surface area (Å²) < 4.78 is 13.2. The van der Waals surface area contributed by atoms with Crippen LogP contribution >= 0.6 is 0 Å². The van der Waals surface area contributed by atoms with Crippen LogP contribution in [-0.2, 0) is 11.4 Å². The number of aromatic nitrogens is 2. The number of fused-ring (bicyclic) bond motifs is 1. The SMILES string of the molecule is CCCC(C)(N)C(=O)Nc1ccc(OC)c(OCc2cn3ccccc3n2)c1. The zero-order valence-corrected chi connectivity index (χ0v) is 16.4. The molecule has 0 aliphatic carbocycles. The Hall–Kier alpha value is -3.06. The Kier molecular flexibility index (Phi) is 5.84. The number of nitrogens with one attached hydrogen (secondary N) is 1. The van der Waals surface area contributed by atoms with E-state index in [1.807, 2.05) is 41.9 Å². The molecule has 1 atom stereocenters. The molecule has 3 N–H and O–H groups in total. The van der Waals surface area contributed by atoms with Gasteiger partial charge < -0.3 is 24.9 Å². The fourth-order valence-electron chi connectivity index (χ4n) is 2.98. The Morgan fingerprint density at radius 1 is 1.29 bits per heavy atom. The second kappa shape index (κ2) is 8.31. The number of pyridine rings is 1. The molecule has 1 amide bonds. The number of nitrogens with two attached hydrogens (primary N) is 1. The molecule has 0 bridgehead atoms. The molecule has 1 unspecified atom stereocenters. The molecule has 0 radical (unpaired) electrons. The normalized spacial score (nSPS) is 13.1. The Bertz CT molecular complexity index is 932. The lowest BCUT2D eigenvalue weighted by Gasteiger charge is -2.23. The third-order valence-electron chi connectivity index (χ3n) is 4.50. The van der Waals surface area contributed by atoms with Crippen LogP contribution in [0, 0.1) is 0 Å². The number of rotatable bonds is 8. The van der Waals surface area contributed by atoms with E-state index in [0.717, 1.165) is 17.8 Å². The number of carbonyl (C=O) groups is 1.